The second-order valence-corrected chi connectivity index (χ2v) is 16.9. The molecule has 0 aliphatic carbocycles. The number of nitrogens with one attached hydrogen (secondary N) is 4. The van der Waals surface area contributed by atoms with Crippen LogP contribution >= 0.6 is 0 Å². The van der Waals surface area contributed by atoms with E-state index in [1.54, 1.807) is 68.7 Å². The maximum atomic E-state index is 14.9. The minimum Gasteiger partial charge on any atom is -0.465 e. The number of aromatic nitrogens is 1. The smallest absolute Gasteiger partial charge is 0.407 e. The van der Waals surface area contributed by atoms with E-state index in [1.165, 1.54) is 6.07 Å². The highest BCUT2D eigenvalue weighted by molar-refractivity contribution is 6.02. The summed E-state index contributed by atoms with van der Waals surface area (Å²) in [5.41, 5.74) is 2.14. The number of alkyl carbamates (subject to hydrolysis) is 2. The van der Waals surface area contributed by atoms with Crippen molar-refractivity contribution in [3.63, 3.8) is 0 Å². The molecule has 4 N–H and O–H groups in total. The molecule has 6 amide bonds. The number of methoxy groups -OCH3 is 2. The summed E-state index contributed by atoms with van der Waals surface area (Å²) in [4.78, 5) is 80.9. The second-order valence-electron chi connectivity index (χ2n) is 16.9. The zero-order chi connectivity index (χ0) is 47.0. The largest absolute Gasteiger partial charge is 0.465 e. The SMILES string of the molecule is COC(=O)N[C@H](C(=O)N1C[C@H](F)C[C@H]1C(=O)Nc1ccc2c(c1)OC(c1cc(F)cc(F)c1)n1c-2cc2cc(NC(=O)[C@@H]3C[C@H](F)CN3C(=O)[C@@H](NC(=O)OC)C(C)C)ccc21)C(C)C. The predicted octanol–water partition coefficient (Wildman–Crippen LogP) is 6.04. The highest BCUT2D eigenvalue weighted by Gasteiger charge is 2.45. The van der Waals surface area contributed by atoms with Crippen LogP contribution in [0.1, 0.15) is 52.3 Å². The van der Waals surface area contributed by atoms with Crippen LogP contribution in [0.2, 0.25) is 0 Å². The molecule has 7 rings (SSSR count). The van der Waals surface area contributed by atoms with E-state index in [0.29, 0.717) is 28.2 Å². The Morgan fingerprint density at radius 3 is 1.66 bits per heavy atom. The van der Waals surface area contributed by atoms with Gasteiger partial charge < -0.3 is 49.8 Å². The summed E-state index contributed by atoms with van der Waals surface area (Å²) < 4.78 is 76.7. The molecule has 4 aromatic rings. The third-order valence-corrected chi connectivity index (χ3v) is 11.7. The summed E-state index contributed by atoms with van der Waals surface area (Å²) in [6.45, 7) is 6.02. The van der Waals surface area contributed by atoms with Gasteiger partial charge in [-0.2, -0.15) is 0 Å². The molecule has 4 heterocycles. The van der Waals surface area contributed by atoms with Crippen LogP contribution in [0.5, 0.6) is 5.75 Å². The number of anilines is 2. The molecule has 20 heteroatoms. The molecular formula is C45H49F4N7O9. The number of nitrogens with zero attached hydrogens (tertiary/aromatic N) is 3. The average Bonchev–Trinajstić information content (AvgIpc) is 3.97. The van der Waals surface area contributed by atoms with E-state index < -0.39 is 102 Å². The Balaban J connectivity index is 1.17. The van der Waals surface area contributed by atoms with Crippen LogP contribution in [-0.2, 0) is 28.7 Å². The van der Waals surface area contributed by atoms with Crippen molar-refractivity contribution < 1.29 is 60.5 Å². The lowest BCUT2D eigenvalue weighted by molar-refractivity contribution is -0.139. The number of fused-ring (bicyclic) bond motifs is 5. The first-order chi connectivity index (χ1) is 30.9. The maximum Gasteiger partial charge on any atom is 0.407 e. The van der Waals surface area contributed by atoms with Gasteiger partial charge in [-0.05, 0) is 60.4 Å². The average molecular weight is 908 g/mol. The molecule has 3 aliphatic heterocycles. The molecule has 2 fully saturated rings. The van der Waals surface area contributed by atoms with Crippen molar-refractivity contribution in [2.75, 3.05) is 37.9 Å². The lowest BCUT2D eigenvalue weighted by Gasteiger charge is -2.31. The molecule has 0 saturated carbocycles. The van der Waals surface area contributed by atoms with E-state index in [-0.39, 0.29) is 48.6 Å². The molecule has 2 saturated heterocycles. The Kier molecular flexibility index (Phi) is 13.3. The fraction of sp³-hybridized carbons (Fsp3) is 0.422. The summed E-state index contributed by atoms with van der Waals surface area (Å²) in [6.07, 6.45) is -6.45. The van der Waals surface area contributed by atoms with Crippen LogP contribution in [0, 0.1) is 23.5 Å². The van der Waals surface area contributed by atoms with Crippen LogP contribution < -0.4 is 26.0 Å². The number of carbonyl (C=O) groups excluding carboxylic acids is 6. The molecular weight excluding hydrogens is 859 g/mol. The minimum atomic E-state index is -1.51. The van der Waals surface area contributed by atoms with Crippen molar-refractivity contribution in [2.24, 2.45) is 11.8 Å². The third-order valence-electron chi connectivity index (χ3n) is 11.7. The number of alkyl halides is 2. The summed E-state index contributed by atoms with van der Waals surface area (Å²) >= 11 is 0. The molecule has 0 spiro atoms. The van der Waals surface area contributed by atoms with E-state index in [1.807, 2.05) is 0 Å². The summed E-state index contributed by atoms with van der Waals surface area (Å²) in [5.74, 6) is -5.03. The minimum absolute atomic E-state index is 0.0984. The third kappa shape index (κ3) is 9.51. The van der Waals surface area contributed by atoms with Gasteiger partial charge in [0.15, 0.2) is 0 Å². The van der Waals surface area contributed by atoms with Gasteiger partial charge in [-0.15, -0.1) is 0 Å². The number of amides is 6. The van der Waals surface area contributed by atoms with Crippen molar-refractivity contribution in [1.82, 2.24) is 25.0 Å². The fourth-order valence-electron chi connectivity index (χ4n) is 8.55. The van der Waals surface area contributed by atoms with Gasteiger partial charge in [0, 0.05) is 52.9 Å². The molecule has 1 aromatic heterocycles. The van der Waals surface area contributed by atoms with Crippen LogP contribution in [-0.4, -0.2) is 114 Å². The normalized spacial score (nSPS) is 21.0. The number of benzene rings is 3. The topological polar surface area (TPSA) is 190 Å². The number of likely N-dealkylation sites (tertiary alicyclic amines) is 2. The highest BCUT2D eigenvalue weighted by Crippen LogP contribution is 2.46. The predicted molar refractivity (Wildman–Crippen MR) is 228 cm³/mol. The van der Waals surface area contributed by atoms with Gasteiger partial charge in [-0.1, -0.05) is 27.7 Å². The van der Waals surface area contributed by atoms with Gasteiger partial charge in [0.2, 0.25) is 29.9 Å². The Bertz CT molecular complexity index is 2520. The van der Waals surface area contributed by atoms with Crippen LogP contribution in [0.15, 0.2) is 60.7 Å². The molecule has 7 atom stereocenters. The zero-order valence-electron chi connectivity index (χ0n) is 36.3. The number of halogens is 4. The zero-order valence-corrected chi connectivity index (χ0v) is 36.3. The van der Waals surface area contributed by atoms with Gasteiger partial charge >= 0.3 is 12.2 Å². The Morgan fingerprint density at radius 2 is 1.17 bits per heavy atom. The van der Waals surface area contributed by atoms with Crippen molar-refractivity contribution in [2.45, 2.75) is 83.3 Å². The summed E-state index contributed by atoms with van der Waals surface area (Å²) in [5, 5.41) is 11.0. The quantitative estimate of drug-likeness (QED) is 0.130. The summed E-state index contributed by atoms with van der Waals surface area (Å²) in [7, 11) is 2.28. The van der Waals surface area contributed by atoms with Crippen molar-refractivity contribution in [3.8, 4) is 17.0 Å². The first kappa shape index (κ1) is 46.1. The van der Waals surface area contributed by atoms with Crippen LogP contribution in [0.25, 0.3) is 22.2 Å². The van der Waals surface area contributed by atoms with Crippen LogP contribution in [0.3, 0.4) is 0 Å². The maximum absolute atomic E-state index is 14.9. The highest BCUT2D eigenvalue weighted by atomic mass is 19.1. The van der Waals surface area contributed by atoms with Crippen LogP contribution in [0.4, 0.5) is 38.5 Å². The van der Waals surface area contributed by atoms with Gasteiger partial charge in [-0.3, -0.25) is 19.2 Å². The van der Waals surface area contributed by atoms with Crippen molar-refractivity contribution >= 4 is 58.1 Å². The van der Waals surface area contributed by atoms with Gasteiger partial charge in [0.25, 0.3) is 0 Å². The molecule has 346 valence electrons. The number of hydrogen-bond acceptors (Lipinski definition) is 9. The van der Waals surface area contributed by atoms with E-state index in [9.17, 15) is 46.3 Å². The van der Waals surface area contributed by atoms with Crippen molar-refractivity contribution in [1.29, 1.82) is 0 Å². The molecule has 3 aliphatic rings. The lowest BCUT2D eigenvalue weighted by atomic mass is 10.0. The first-order valence-electron chi connectivity index (χ1n) is 21.0. The number of rotatable bonds is 11. The standard InChI is InChI=1S/C45H49F4N7O9/c1-21(2)37(52-44(61)63-5)41(59)54-19-27(48)16-34(54)39(57)50-29-8-10-32-23(13-29)14-33-31-9-7-30(18-36(31)65-43(56(32)33)24-11-25(46)15-26(47)12-24)51-40(58)35-17-28(49)20-55(35)42(60)38(22(3)4)53-45(62)64-6/h7-15,18,21-22,27-28,34-35,37-38,43H,16-17,19-20H2,1-6H3,(H,50,57)(H,51,58)(H,52,61)(H,53,62)/t27-,28+,34-,35-,37-,38-,43?/m0/s1. The van der Waals surface area contributed by atoms with Gasteiger partial charge in [0.05, 0.1) is 38.5 Å². The monoisotopic (exact) mass is 907 g/mol. The number of ether oxygens (including phenoxy) is 3. The summed E-state index contributed by atoms with van der Waals surface area (Å²) in [6, 6.07) is 9.67. The molecule has 3 aromatic carbocycles. The number of carbonyl (C=O) groups is 6. The molecule has 65 heavy (non-hydrogen) atoms. The Labute approximate surface area is 370 Å². The van der Waals surface area contributed by atoms with E-state index in [4.69, 9.17) is 4.74 Å². The lowest BCUT2D eigenvalue weighted by Crippen LogP contribution is -2.54. The van der Waals surface area contributed by atoms with Gasteiger partial charge in [0.1, 0.15) is 53.9 Å². The van der Waals surface area contributed by atoms with E-state index in [0.717, 1.165) is 36.2 Å². The van der Waals surface area contributed by atoms with E-state index >= 15 is 0 Å². The van der Waals surface area contributed by atoms with E-state index in [2.05, 4.69) is 30.7 Å². The Hall–Kier alpha value is -6.86. The van der Waals surface area contributed by atoms with Crippen molar-refractivity contribution in [3.05, 3.63) is 77.9 Å². The fourth-order valence-corrected chi connectivity index (χ4v) is 8.55. The second kappa shape index (κ2) is 18.7. The molecule has 1 unspecified atom stereocenters. The molecule has 16 nitrogen and oxygen atoms in total. The molecule has 0 radical (unpaired) electrons. The number of hydrogen-bond donors (Lipinski definition) is 4. The Morgan fingerprint density at radius 1 is 0.677 bits per heavy atom. The first-order valence-corrected chi connectivity index (χ1v) is 21.0. The van der Waals surface area contributed by atoms with Gasteiger partial charge in [-0.25, -0.2) is 27.2 Å². The molecule has 0 bridgehead atoms.